The number of piperazine rings is 1. The van der Waals surface area contributed by atoms with Crippen LogP contribution >= 0.6 is 11.3 Å². The van der Waals surface area contributed by atoms with Crippen molar-refractivity contribution in [3.63, 3.8) is 0 Å². The minimum Gasteiger partial charge on any atom is -0.312 e. The molecule has 1 fully saturated rings. The molecule has 19 heavy (non-hydrogen) atoms. The van der Waals surface area contributed by atoms with Crippen molar-refractivity contribution in [1.82, 2.24) is 15.2 Å². The molecule has 0 radical (unpaired) electrons. The van der Waals surface area contributed by atoms with Gasteiger partial charge in [-0.25, -0.2) is 4.98 Å². The summed E-state index contributed by atoms with van der Waals surface area (Å²) >= 11 is 1.77. The lowest BCUT2D eigenvalue weighted by molar-refractivity contribution is 0.199. The van der Waals surface area contributed by atoms with E-state index in [1.807, 2.05) is 6.07 Å². The first-order valence-electron chi connectivity index (χ1n) is 6.77. The molecule has 1 N–H and O–H groups in total. The summed E-state index contributed by atoms with van der Waals surface area (Å²) in [6, 6.07) is 11.0. The number of rotatable bonds is 3. The molecule has 3 nitrogen and oxygen atoms in total. The zero-order valence-electron chi connectivity index (χ0n) is 11.2. The fourth-order valence-corrected chi connectivity index (χ4v) is 3.32. The van der Waals surface area contributed by atoms with E-state index in [1.165, 1.54) is 10.6 Å². The van der Waals surface area contributed by atoms with Crippen LogP contribution in [0, 0.1) is 0 Å². The quantitative estimate of drug-likeness (QED) is 0.931. The largest absolute Gasteiger partial charge is 0.312 e. The molecule has 100 valence electrons. The van der Waals surface area contributed by atoms with Crippen molar-refractivity contribution in [2.24, 2.45) is 0 Å². The van der Waals surface area contributed by atoms with Gasteiger partial charge in [0.05, 0.1) is 12.2 Å². The maximum absolute atomic E-state index is 4.76. The van der Waals surface area contributed by atoms with Crippen LogP contribution in [-0.2, 0) is 6.54 Å². The van der Waals surface area contributed by atoms with E-state index in [0.29, 0.717) is 6.04 Å². The molecule has 1 aromatic heterocycles. The van der Waals surface area contributed by atoms with Gasteiger partial charge in [0.15, 0.2) is 0 Å². The van der Waals surface area contributed by atoms with Crippen molar-refractivity contribution in [2.75, 3.05) is 19.6 Å². The summed E-state index contributed by atoms with van der Waals surface area (Å²) in [4.78, 5) is 7.24. The zero-order valence-corrected chi connectivity index (χ0v) is 12.0. The third kappa shape index (κ3) is 3.21. The van der Waals surface area contributed by atoms with Crippen molar-refractivity contribution >= 4 is 11.3 Å². The van der Waals surface area contributed by atoms with E-state index in [-0.39, 0.29) is 0 Å². The van der Waals surface area contributed by atoms with Crippen LogP contribution in [0.15, 0.2) is 35.7 Å². The highest BCUT2D eigenvalue weighted by atomic mass is 32.1. The van der Waals surface area contributed by atoms with Crippen LogP contribution in [0.25, 0.3) is 11.3 Å². The smallest absolute Gasteiger partial charge is 0.107 e. The van der Waals surface area contributed by atoms with Gasteiger partial charge in [-0.2, -0.15) is 0 Å². The number of nitrogens with one attached hydrogen (secondary N) is 1. The molecule has 1 aromatic carbocycles. The Bertz CT molecular complexity index is 523. The van der Waals surface area contributed by atoms with Crippen LogP contribution in [0.1, 0.15) is 11.9 Å². The molecule has 1 saturated heterocycles. The molecule has 3 rings (SSSR count). The average molecular weight is 273 g/mol. The predicted octanol–water partition coefficient (Wildman–Crippen LogP) is 2.60. The van der Waals surface area contributed by atoms with Crippen LogP contribution in [0.3, 0.4) is 0 Å². The van der Waals surface area contributed by atoms with Gasteiger partial charge in [0, 0.05) is 36.6 Å². The third-order valence-corrected chi connectivity index (χ3v) is 4.27. The van der Waals surface area contributed by atoms with E-state index < -0.39 is 0 Å². The van der Waals surface area contributed by atoms with E-state index >= 15 is 0 Å². The average Bonchev–Trinajstić information content (AvgIpc) is 2.88. The molecule has 0 bridgehead atoms. The maximum atomic E-state index is 4.76. The standard InChI is InChI=1S/C15H19N3S/c1-12-9-18(8-7-16-12)10-15-17-14(11-19-15)13-5-3-2-4-6-13/h2-6,11-12,16H,7-10H2,1H3/t12-/m1/s1. The van der Waals surface area contributed by atoms with Gasteiger partial charge in [0.1, 0.15) is 5.01 Å². The second-order valence-corrected chi connectivity index (χ2v) is 6.03. The highest BCUT2D eigenvalue weighted by molar-refractivity contribution is 7.09. The van der Waals surface area contributed by atoms with Crippen LogP contribution in [0.5, 0.6) is 0 Å². The van der Waals surface area contributed by atoms with Gasteiger partial charge in [-0.3, -0.25) is 4.90 Å². The van der Waals surface area contributed by atoms with Gasteiger partial charge in [-0.15, -0.1) is 11.3 Å². The Morgan fingerprint density at radius 3 is 3.00 bits per heavy atom. The predicted molar refractivity (Wildman–Crippen MR) is 80.3 cm³/mol. The summed E-state index contributed by atoms with van der Waals surface area (Å²) < 4.78 is 0. The molecule has 1 atom stereocenters. The van der Waals surface area contributed by atoms with Crippen molar-refractivity contribution in [3.05, 3.63) is 40.7 Å². The van der Waals surface area contributed by atoms with Crippen molar-refractivity contribution < 1.29 is 0 Å². The lowest BCUT2D eigenvalue weighted by Crippen LogP contribution is -2.48. The summed E-state index contributed by atoms with van der Waals surface area (Å²) in [7, 11) is 0. The van der Waals surface area contributed by atoms with Crippen LogP contribution < -0.4 is 5.32 Å². The third-order valence-electron chi connectivity index (χ3n) is 3.43. The molecule has 1 aliphatic heterocycles. The molecular formula is C15H19N3S. The Labute approximate surface area is 118 Å². The van der Waals surface area contributed by atoms with Crippen molar-refractivity contribution in [1.29, 1.82) is 0 Å². The molecule has 4 heteroatoms. The molecule has 1 aliphatic rings. The Hall–Kier alpha value is -1.23. The Kier molecular flexibility index (Phi) is 3.92. The minimum atomic E-state index is 0.585. The van der Waals surface area contributed by atoms with Crippen LogP contribution in [0.2, 0.25) is 0 Å². The van der Waals surface area contributed by atoms with Gasteiger partial charge >= 0.3 is 0 Å². The topological polar surface area (TPSA) is 28.2 Å². The zero-order chi connectivity index (χ0) is 13.1. The second-order valence-electron chi connectivity index (χ2n) is 5.08. The summed E-state index contributed by atoms with van der Waals surface area (Å²) in [6.07, 6.45) is 0. The molecule has 2 heterocycles. The first kappa shape index (κ1) is 12.8. The lowest BCUT2D eigenvalue weighted by Gasteiger charge is -2.31. The molecule has 0 unspecified atom stereocenters. The normalized spacial score (nSPS) is 20.6. The Morgan fingerprint density at radius 2 is 2.21 bits per heavy atom. The lowest BCUT2D eigenvalue weighted by atomic mass is 10.2. The molecule has 0 aliphatic carbocycles. The molecular weight excluding hydrogens is 254 g/mol. The first-order valence-corrected chi connectivity index (χ1v) is 7.65. The number of hydrogen-bond acceptors (Lipinski definition) is 4. The van der Waals surface area contributed by atoms with E-state index in [0.717, 1.165) is 31.9 Å². The van der Waals surface area contributed by atoms with Crippen molar-refractivity contribution in [2.45, 2.75) is 19.5 Å². The maximum Gasteiger partial charge on any atom is 0.107 e. The van der Waals surface area contributed by atoms with E-state index in [9.17, 15) is 0 Å². The van der Waals surface area contributed by atoms with Gasteiger partial charge in [-0.05, 0) is 6.92 Å². The van der Waals surface area contributed by atoms with Gasteiger partial charge in [0.25, 0.3) is 0 Å². The Balaban J connectivity index is 1.68. The van der Waals surface area contributed by atoms with Crippen molar-refractivity contribution in [3.8, 4) is 11.3 Å². The number of thiazole rings is 1. The second kappa shape index (κ2) is 5.82. The molecule has 0 saturated carbocycles. The van der Waals surface area contributed by atoms with Crippen LogP contribution in [-0.4, -0.2) is 35.6 Å². The summed E-state index contributed by atoms with van der Waals surface area (Å²) in [5, 5.41) is 6.85. The Morgan fingerprint density at radius 1 is 1.37 bits per heavy atom. The summed E-state index contributed by atoms with van der Waals surface area (Å²) in [5.74, 6) is 0. The van der Waals surface area contributed by atoms with Crippen LogP contribution in [0.4, 0.5) is 0 Å². The number of hydrogen-bond donors (Lipinski definition) is 1. The SMILES string of the molecule is C[C@@H]1CN(Cc2nc(-c3ccccc3)cs2)CCN1. The first-order chi connectivity index (χ1) is 9.31. The van der Waals surface area contributed by atoms with E-state index in [2.05, 4.69) is 46.8 Å². The van der Waals surface area contributed by atoms with Gasteiger partial charge in [-0.1, -0.05) is 30.3 Å². The molecule has 0 spiro atoms. The summed E-state index contributed by atoms with van der Waals surface area (Å²) in [5.41, 5.74) is 2.31. The number of benzene rings is 1. The highest BCUT2D eigenvalue weighted by Gasteiger charge is 2.16. The fourth-order valence-electron chi connectivity index (χ4n) is 2.47. The highest BCUT2D eigenvalue weighted by Crippen LogP contribution is 2.22. The molecule has 0 amide bonds. The van der Waals surface area contributed by atoms with Gasteiger partial charge in [0.2, 0.25) is 0 Å². The van der Waals surface area contributed by atoms with Gasteiger partial charge < -0.3 is 5.32 Å². The molecule has 2 aromatic rings. The monoisotopic (exact) mass is 273 g/mol. The van der Waals surface area contributed by atoms with E-state index in [1.54, 1.807) is 11.3 Å². The fraction of sp³-hybridized carbons (Fsp3) is 0.400. The number of nitrogens with zero attached hydrogens (tertiary/aromatic N) is 2. The number of aromatic nitrogens is 1. The minimum absolute atomic E-state index is 0.585. The van der Waals surface area contributed by atoms with E-state index in [4.69, 9.17) is 4.98 Å². The summed E-state index contributed by atoms with van der Waals surface area (Å²) in [6.45, 7) is 6.52.